The van der Waals surface area contributed by atoms with Crippen molar-refractivity contribution in [2.45, 2.75) is 25.8 Å². The summed E-state index contributed by atoms with van der Waals surface area (Å²) in [5, 5.41) is 3.03. The standard InChI is InChI=1S/C15H15NOS/c1-10-6-7-12(18-10)9-16-15(17)14-8-11-4-2-3-5-13(11)14/h2-7,14H,8-9H2,1H3,(H,16,17)/t14-/m1/s1. The van der Waals surface area contributed by atoms with Gasteiger partial charge in [0.1, 0.15) is 0 Å². The first-order valence-electron chi connectivity index (χ1n) is 6.15. The van der Waals surface area contributed by atoms with Gasteiger partial charge < -0.3 is 5.32 Å². The number of hydrogen-bond acceptors (Lipinski definition) is 2. The van der Waals surface area contributed by atoms with E-state index >= 15 is 0 Å². The monoisotopic (exact) mass is 257 g/mol. The van der Waals surface area contributed by atoms with Crippen LogP contribution in [0.5, 0.6) is 0 Å². The van der Waals surface area contributed by atoms with Gasteiger partial charge in [0, 0.05) is 9.75 Å². The van der Waals surface area contributed by atoms with E-state index in [1.165, 1.54) is 20.9 Å². The molecule has 1 amide bonds. The van der Waals surface area contributed by atoms with Gasteiger partial charge in [-0.15, -0.1) is 11.3 Å². The number of aryl methyl sites for hydroxylation is 1. The fourth-order valence-electron chi connectivity index (χ4n) is 2.37. The molecule has 1 heterocycles. The Morgan fingerprint density at radius 2 is 2.17 bits per heavy atom. The predicted octanol–water partition coefficient (Wildman–Crippen LogP) is 3.01. The van der Waals surface area contributed by atoms with Crippen LogP contribution in [0.2, 0.25) is 0 Å². The normalized spacial score (nSPS) is 16.8. The van der Waals surface area contributed by atoms with Crippen molar-refractivity contribution in [1.29, 1.82) is 0 Å². The van der Waals surface area contributed by atoms with Gasteiger partial charge in [-0.05, 0) is 36.6 Å². The van der Waals surface area contributed by atoms with Crippen LogP contribution in [0.3, 0.4) is 0 Å². The molecule has 0 saturated heterocycles. The summed E-state index contributed by atoms with van der Waals surface area (Å²) in [6.45, 7) is 2.73. The van der Waals surface area contributed by atoms with E-state index in [1.54, 1.807) is 11.3 Å². The third-order valence-electron chi connectivity index (χ3n) is 3.40. The van der Waals surface area contributed by atoms with Crippen molar-refractivity contribution in [3.63, 3.8) is 0 Å². The van der Waals surface area contributed by atoms with Crippen molar-refractivity contribution >= 4 is 17.2 Å². The van der Waals surface area contributed by atoms with Crippen LogP contribution in [0, 0.1) is 6.92 Å². The van der Waals surface area contributed by atoms with Crippen LogP contribution in [0.1, 0.15) is 26.8 Å². The van der Waals surface area contributed by atoms with Gasteiger partial charge >= 0.3 is 0 Å². The number of thiophene rings is 1. The average molecular weight is 257 g/mol. The third kappa shape index (κ3) is 2.06. The summed E-state index contributed by atoms with van der Waals surface area (Å²) < 4.78 is 0. The van der Waals surface area contributed by atoms with Gasteiger partial charge in [0.05, 0.1) is 12.5 Å². The second-order valence-corrected chi connectivity index (χ2v) is 6.06. The van der Waals surface area contributed by atoms with Crippen LogP contribution >= 0.6 is 11.3 Å². The first-order chi connectivity index (χ1) is 8.74. The Morgan fingerprint density at radius 1 is 1.33 bits per heavy atom. The lowest BCUT2D eigenvalue weighted by Crippen LogP contribution is -2.34. The molecule has 0 aliphatic heterocycles. The van der Waals surface area contributed by atoms with Gasteiger partial charge in [-0.3, -0.25) is 4.79 Å². The molecular formula is C15H15NOS. The molecule has 0 radical (unpaired) electrons. The minimum atomic E-state index is 0.0576. The minimum absolute atomic E-state index is 0.0576. The van der Waals surface area contributed by atoms with Crippen LogP contribution in [0.25, 0.3) is 0 Å². The van der Waals surface area contributed by atoms with Crippen molar-refractivity contribution in [1.82, 2.24) is 5.32 Å². The zero-order chi connectivity index (χ0) is 12.5. The van der Waals surface area contributed by atoms with Gasteiger partial charge in [0.15, 0.2) is 0 Å². The Bertz CT molecular complexity index is 588. The molecule has 0 unspecified atom stereocenters. The fourth-order valence-corrected chi connectivity index (χ4v) is 3.20. The average Bonchev–Trinajstić information content (AvgIpc) is 2.74. The van der Waals surface area contributed by atoms with Crippen LogP contribution in [-0.2, 0) is 17.8 Å². The molecule has 0 spiro atoms. The molecule has 3 heteroatoms. The van der Waals surface area contributed by atoms with Crippen LogP contribution in [-0.4, -0.2) is 5.91 Å². The van der Waals surface area contributed by atoms with Crippen LogP contribution in [0.15, 0.2) is 36.4 Å². The number of rotatable bonds is 3. The van der Waals surface area contributed by atoms with Gasteiger partial charge in [0.2, 0.25) is 5.91 Å². The number of carbonyl (C=O) groups excluding carboxylic acids is 1. The molecule has 2 nitrogen and oxygen atoms in total. The number of amides is 1. The topological polar surface area (TPSA) is 29.1 Å². The highest BCUT2D eigenvalue weighted by atomic mass is 32.1. The number of nitrogens with one attached hydrogen (secondary N) is 1. The van der Waals surface area contributed by atoms with E-state index in [0.717, 1.165) is 6.42 Å². The Morgan fingerprint density at radius 3 is 2.89 bits per heavy atom. The second kappa shape index (κ2) is 4.58. The molecular weight excluding hydrogens is 242 g/mol. The highest BCUT2D eigenvalue weighted by molar-refractivity contribution is 7.11. The molecule has 1 aromatic heterocycles. The van der Waals surface area contributed by atoms with E-state index in [1.807, 2.05) is 12.1 Å². The largest absolute Gasteiger partial charge is 0.351 e. The lowest BCUT2D eigenvalue weighted by atomic mass is 9.77. The van der Waals surface area contributed by atoms with Crippen molar-refractivity contribution in [3.8, 4) is 0 Å². The van der Waals surface area contributed by atoms with E-state index in [2.05, 4.69) is 36.5 Å². The van der Waals surface area contributed by atoms with Gasteiger partial charge in [-0.25, -0.2) is 0 Å². The SMILES string of the molecule is Cc1ccc(CNC(=O)[C@@H]2Cc3ccccc32)s1. The maximum absolute atomic E-state index is 12.1. The lowest BCUT2D eigenvalue weighted by molar-refractivity contribution is -0.123. The van der Waals surface area contributed by atoms with Crippen molar-refractivity contribution in [3.05, 3.63) is 57.3 Å². The Labute approximate surface area is 111 Å². The van der Waals surface area contributed by atoms with E-state index in [0.29, 0.717) is 6.54 Å². The summed E-state index contributed by atoms with van der Waals surface area (Å²) in [6.07, 6.45) is 0.880. The van der Waals surface area contributed by atoms with E-state index < -0.39 is 0 Å². The number of fused-ring (bicyclic) bond motifs is 1. The van der Waals surface area contributed by atoms with Gasteiger partial charge in [0.25, 0.3) is 0 Å². The summed E-state index contributed by atoms with van der Waals surface area (Å²) in [4.78, 5) is 14.6. The number of hydrogen-bond donors (Lipinski definition) is 1. The quantitative estimate of drug-likeness (QED) is 0.899. The molecule has 1 N–H and O–H groups in total. The molecule has 0 fully saturated rings. The van der Waals surface area contributed by atoms with E-state index in [4.69, 9.17) is 0 Å². The number of carbonyl (C=O) groups is 1. The lowest BCUT2D eigenvalue weighted by Gasteiger charge is -2.28. The molecule has 0 saturated carbocycles. The highest BCUT2D eigenvalue weighted by Gasteiger charge is 2.31. The van der Waals surface area contributed by atoms with Crippen molar-refractivity contribution in [2.75, 3.05) is 0 Å². The van der Waals surface area contributed by atoms with Crippen molar-refractivity contribution < 1.29 is 4.79 Å². The summed E-state index contributed by atoms with van der Waals surface area (Å²) in [5.41, 5.74) is 2.50. The molecule has 3 rings (SSSR count). The minimum Gasteiger partial charge on any atom is -0.351 e. The maximum atomic E-state index is 12.1. The van der Waals surface area contributed by atoms with Crippen molar-refractivity contribution in [2.24, 2.45) is 0 Å². The summed E-state index contributed by atoms with van der Waals surface area (Å²) in [6, 6.07) is 12.3. The van der Waals surface area contributed by atoms with Gasteiger partial charge in [-0.2, -0.15) is 0 Å². The van der Waals surface area contributed by atoms with Crippen LogP contribution < -0.4 is 5.32 Å². The summed E-state index contributed by atoms with van der Waals surface area (Å²) in [5.74, 6) is 0.210. The Kier molecular flexibility index (Phi) is 2.92. The molecule has 18 heavy (non-hydrogen) atoms. The van der Waals surface area contributed by atoms with Crippen LogP contribution in [0.4, 0.5) is 0 Å². The first-order valence-corrected chi connectivity index (χ1v) is 6.96. The summed E-state index contributed by atoms with van der Waals surface area (Å²) in [7, 11) is 0. The Balaban J connectivity index is 1.61. The fraction of sp³-hybridized carbons (Fsp3) is 0.267. The summed E-state index contributed by atoms with van der Waals surface area (Å²) >= 11 is 1.74. The Hall–Kier alpha value is -1.61. The molecule has 0 bridgehead atoms. The molecule has 1 aliphatic rings. The number of benzene rings is 1. The third-order valence-corrected chi connectivity index (χ3v) is 4.40. The first kappa shape index (κ1) is 11.5. The zero-order valence-electron chi connectivity index (χ0n) is 10.3. The van der Waals surface area contributed by atoms with Gasteiger partial charge in [-0.1, -0.05) is 24.3 Å². The second-order valence-electron chi connectivity index (χ2n) is 4.69. The molecule has 1 aliphatic carbocycles. The van der Waals surface area contributed by atoms with E-state index in [9.17, 15) is 4.79 Å². The highest BCUT2D eigenvalue weighted by Crippen LogP contribution is 2.34. The van der Waals surface area contributed by atoms with E-state index in [-0.39, 0.29) is 11.8 Å². The maximum Gasteiger partial charge on any atom is 0.228 e. The molecule has 1 atom stereocenters. The molecule has 92 valence electrons. The smallest absolute Gasteiger partial charge is 0.228 e. The zero-order valence-corrected chi connectivity index (χ0v) is 11.1. The molecule has 1 aromatic carbocycles. The predicted molar refractivity (Wildman–Crippen MR) is 73.8 cm³/mol. The molecule has 2 aromatic rings.